The largest absolute Gasteiger partial charge is 0.296 e. The fraction of sp³-hybridized carbons (Fsp3) is 0.417. The molecule has 1 atom stereocenters. The van der Waals surface area contributed by atoms with Gasteiger partial charge in [-0.05, 0) is 5.92 Å². The summed E-state index contributed by atoms with van der Waals surface area (Å²) in [6.07, 6.45) is 1.66. The molecule has 0 radical (unpaired) electrons. The third kappa shape index (κ3) is 3.32. The highest BCUT2D eigenvalue weighted by atomic mass is 32.2. The highest BCUT2D eigenvalue weighted by Gasteiger charge is 2.32. The van der Waals surface area contributed by atoms with Gasteiger partial charge in [-0.25, -0.2) is 4.98 Å². The predicted octanol–water partition coefficient (Wildman–Crippen LogP) is 1.62. The molecule has 1 aliphatic heterocycles. The number of rotatable bonds is 4. The van der Waals surface area contributed by atoms with E-state index in [1.54, 1.807) is 0 Å². The molecule has 8 heteroatoms. The quantitative estimate of drug-likeness (QED) is 0.619. The van der Waals surface area contributed by atoms with E-state index < -0.39 is 4.92 Å². The minimum Gasteiger partial charge on any atom is -0.296 e. The second-order valence-electron chi connectivity index (χ2n) is 4.51. The van der Waals surface area contributed by atoms with Crippen LogP contribution >= 0.6 is 11.8 Å². The Kier molecular flexibility index (Phi) is 4.33. The van der Waals surface area contributed by atoms with Crippen LogP contribution in [-0.4, -0.2) is 33.2 Å². The topological polar surface area (TPSA) is 93.4 Å². The third-order valence-corrected chi connectivity index (χ3v) is 3.99. The molecule has 0 saturated carbocycles. The SMILES string of the molecule is CC(=O)SCC1CC(=O)N(c2cc([N+](=O)[O-])ccn2)C1. The summed E-state index contributed by atoms with van der Waals surface area (Å²) in [6.45, 7) is 1.93. The van der Waals surface area contributed by atoms with Gasteiger partial charge in [0.1, 0.15) is 5.82 Å². The van der Waals surface area contributed by atoms with Crippen molar-refractivity contribution in [2.24, 2.45) is 5.92 Å². The summed E-state index contributed by atoms with van der Waals surface area (Å²) < 4.78 is 0. The Balaban J connectivity index is 2.09. The number of pyridine rings is 1. The van der Waals surface area contributed by atoms with Crippen LogP contribution in [0.25, 0.3) is 0 Å². The van der Waals surface area contributed by atoms with Crippen molar-refractivity contribution < 1.29 is 14.5 Å². The van der Waals surface area contributed by atoms with Crippen molar-refractivity contribution in [3.8, 4) is 0 Å². The van der Waals surface area contributed by atoms with Gasteiger partial charge in [-0.2, -0.15) is 0 Å². The van der Waals surface area contributed by atoms with Crippen LogP contribution in [0.1, 0.15) is 13.3 Å². The highest BCUT2D eigenvalue weighted by molar-refractivity contribution is 8.13. The van der Waals surface area contributed by atoms with Crippen LogP contribution in [0.3, 0.4) is 0 Å². The molecule has 2 heterocycles. The molecule has 0 aromatic carbocycles. The molecule has 1 fully saturated rings. The molecule has 0 bridgehead atoms. The van der Waals surface area contributed by atoms with E-state index in [0.29, 0.717) is 24.5 Å². The zero-order valence-electron chi connectivity index (χ0n) is 10.8. The van der Waals surface area contributed by atoms with E-state index in [9.17, 15) is 19.7 Å². The van der Waals surface area contributed by atoms with E-state index in [2.05, 4.69) is 4.98 Å². The van der Waals surface area contributed by atoms with E-state index in [-0.39, 0.29) is 22.6 Å². The Morgan fingerprint density at radius 3 is 3.05 bits per heavy atom. The fourth-order valence-electron chi connectivity index (χ4n) is 2.02. The van der Waals surface area contributed by atoms with Gasteiger partial charge in [-0.3, -0.25) is 24.6 Å². The first kappa shape index (κ1) is 14.4. The Bertz CT molecular complexity index is 563. The van der Waals surface area contributed by atoms with Crippen molar-refractivity contribution in [3.63, 3.8) is 0 Å². The summed E-state index contributed by atoms with van der Waals surface area (Å²) in [7, 11) is 0. The number of carbonyl (C=O) groups is 2. The number of hydrogen-bond acceptors (Lipinski definition) is 6. The van der Waals surface area contributed by atoms with Gasteiger partial charge in [0.15, 0.2) is 5.12 Å². The van der Waals surface area contributed by atoms with Crippen molar-refractivity contribution in [1.82, 2.24) is 4.98 Å². The summed E-state index contributed by atoms with van der Waals surface area (Å²) in [6, 6.07) is 2.57. The maximum Gasteiger partial charge on any atom is 0.274 e. The molecule has 106 valence electrons. The summed E-state index contributed by atoms with van der Waals surface area (Å²) in [4.78, 5) is 38.5. The smallest absolute Gasteiger partial charge is 0.274 e. The Morgan fingerprint density at radius 2 is 2.40 bits per heavy atom. The first-order valence-electron chi connectivity index (χ1n) is 6.01. The molecule has 0 N–H and O–H groups in total. The molecule has 0 aliphatic carbocycles. The van der Waals surface area contributed by atoms with Gasteiger partial charge >= 0.3 is 0 Å². The number of thioether (sulfide) groups is 1. The van der Waals surface area contributed by atoms with Crippen LogP contribution < -0.4 is 4.90 Å². The van der Waals surface area contributed by atoms with Gasteiger partial charge in [0.05, 0.1) is 11.0 Å². The normalized spacial score (nSPS) is 18.4. The minimum absolute atomic E-state index is 0.0179. The maximum absolute atomic E-state index is 11.9. The Labute approximate surface area is 119 Å². The number of carbonyl (C=O) groups excluding carboxylic acids is 2. The van der Waals surface area contributed by atoms with E-state index in [0.717, 1.165) is 0 Å². The molecule has 1 unspecified atom stereocenters. The van der Waals surface area contributed by atoms with Gasteiger partial charge in [-0.15, -0.1) is 0 Å². The fourth-order valence-corrected chi connectivity index (χ4v) is 2.71. The molecule has 2 rings (SSSR count). The van der Waals surface area contributed by atoms with E-state index in [1.165, 1.54) is 41.9 Å². The van der Waals surface area contributed by atoms with Crippen LogP contribution in [0.4, 0.5) is 11.5 Å². The van der Waals surface area contributed by atoms with Crippen molar-refractivity contribution in [3.05, 3.63) is 28.4 Å². The maximum atomic E-state index is 11.9. The number of anilines is 1. The van der Waals surface area contributed by atoms with Crippen molar-refractivity contribution in [2.45, 2.75) is 13.3 Å². The lowest BCUT2D eigenvalue weighted by atomic mass is 10.1. The molecule has 1 aliphatic rings. The van der Waals surface area contributed by atoms with Crippen molar-refractivity contribution in [2.75, 3.05) is 17.2 Å². The molecular formula is C12H13N3O4S. The van der Waals surface area contributed by atoms with Gasteiger partial charge in [0, 0.05) is 37.9 Å². The second kappa shape index (κ2) is 6.00. The first-order valence-corrected chi connectivity index (χ1v) is 7.00. The van der Waals surface area contributed by atoms with Crippen molar-refractivity contribution in [1.29, 1.82) is 0 Å². The average Bonchev–Trinajstić information content (AvgIpc) is 2.78. The van der Waals surface area contributed by atoms with Crippen LogP contribution in [-0.2, 0) is 9.59 Å². The zero-order chi connectivity index (χ0) is 14.7. The van der Waals surface area contributed by atoms with Gasteiger partial charge in [-0.1, -0.05) is 11.8 Å². The molecular weight excluding hydrogens is 282 g/mol. The van der Waals surface area contributed by atoms with Crippen LogP contribution in [0.5, 0.6) is 0 Å². The van der Waals surface area contributed by atoms with E-state index in [4.69, 9.17) is 0 Å². The highest BCUT2D eigenvalue weighted by Crippen LogP contribution is 2.27. The lowest BCUT2D eigenvalue weighted by molar-refractivity contribution is -0.384. The van der Waals surface area contributed by atoms with Crippen LogP contribution in [0.15, 0.2) is 18.3 Å². The molecule has 7 nitrogen and oxygen atoms in total. The lowest BCUT2D eigenvalue weighted by Crippen LogP contribution is -2.25. The lowest BCUT2D eigenvalue weighted by Gasteiger charge is -2.14. The monoisotopic (exact) mass is 295 g/mol. The number of amides is 1. The molecule has 1 aromatic heterocycles. The Morgan fingerprint density at radius 1 is 1.65 bits per heavy atom. The van der Waals surface area contributed by atoms with Gasteiger partial charge in [0.25, 0.3) is 5.69 Å². The molecule has 1 amide bonds. The summed E-state index contributed by atoms with van der Waals surface area (Å²) in [5.41, 5.74) is -0.0932. The molecule has 20 heavy (non-hydrogen) atoms. The van der Waals surface area contributed by atoms with Crippen LogP contribution in [0, 0.1) is 16.0 Å². The summed E-state index contributed by atoms with van der Waals surface area (Å²) >= 11 is 1.19. The van der Waals surface area contributed by atoms with E-state index in [1.807, 2.05) is 0 Å². The number of aromatic nitrogens is 1. The zero-order valence-corrected chi connectivity index (χ0v) is 11.6. The average molecular weight is 295 g/mol. The molecule has 1 saturated heterocycles. The third-order valence-electron chi connectivity index (χ3n) is 2.94. The molecule has 1 aromatic rings. The molecule has 0 spiro atoms. The van der Waals surface area contributed by atoms with Gasteiger partial charge < -0.3 is 0 Å². The Hall–Kier alpha value is -1.96. The predicted molar refractivity (Wildman–Crippen MR) is 74.5 cm³/mol. The van der Waals surface area contributed by atoms with E-state index >= 15 is 0 Å². The first-order chi connectivity index (χ1) is 9.47. The standard InChI is InChI=1S/C12H13N3O4S/c1-8(16)20-7-9-4-12(17)14(6-9)11-5-10(15(18)19)2-3-13-11/h2-3,5,9H,4,6-7H2,1H3. The second-order valence-corrected chi connectivity index (χ2v) is 5.70. The summed E-state index contributed by atoms with van der Waals surface area (Å²) in [5.74, 6) is 0.816. The number of hydrogen-bond donors (Lipinski definition) is 0. The van der Waals surface area contributed by atoms with Gasteiger partial charge in [0.2, 0.25) is 5.91 Å². The van der Waals surface area contributed by atoms with Crippen LogP contribution in [0.2, 0.25) is 0 Å². The minimum atomic E-state index is -0.519. The number of nitrogens with zero attached hydrogens (tertiary/aromatic N) is 3. The summed E-state index contributed by atoms with van der Waals surface area (Å²) in [5, 5.41) is 10.7. The number of nitro groups is 1. The van der Waals surface area contributed by atoms with Crippen molar-refractivity contribution >= 4 is 34.3 Å².